The second-order valence-corrected chi connectivity index (χ2v) is 4.15. The Balaban J connectivity index is 2.11. The number of nitrogens with zero attached hydrogens (tertiary/aromatic N) is 1. The number of amides is 1. The minimum absolute atomic E-state index is 0.0445. The molecule has 0 spiro atoms. The van der Waals surface area contributed by atoms with E-state index in [0.29, 0.717) is 12.1 Å². The first-order chi connectivity index (χ1) is 8.40. The maximum absolute atomic E-state index is 13.8. The molecule has 0 bridgehead atoms. The van der Waals surface area contributed by atoms with Gasteiger partial charge in [0.25, 0.3) is 0 Å². The lowest BCUT2D eigenvalue weighted by Crippen LogP contribution is -2.50. The van der Waals surface area contributed by atoms with E-state index >= 15 is 0 Å². The molecular weight excluding hydrogens is 254 g/mol. The van der Waals surface area contributed by atoms with Gasteiger partial charge in [-0.1, -0.05) is 0 Å². The first kappa shape index (κ1) is 12.7. The molecule has 1 unspecified atom stereocenters. The van der Waals surface area contributed by atoms with Crippen molar-refractivity contribution in [2.75, 3.05) is 13.1 Å². The van der Waals surface area contributed by atoms with Crippen LogP contribution in [-0.4, -0.2) is 29.2 Å². The predicted molar refractivity (Wildman–Crippen MR) is 53.3 cm³/mol. The Labute approximate surface area is 99.6 Å². The second kappa shape index (κ2) is 4.47. The van der Waals surface area contributed by atoms with Crippen molar-refractivity contribution in [3.8, 4) is 0 Å². The Kier molecular flexibility index (Phi) is 3.14. The summed E-state index contributed by atoms with van der Waals surface area (Å²) in [6, 6.07) is 1.18. The van der Waals surface area contributed by atoms with Crippen molar-refractivity contribution in [2.24, 2.45) is 5.92 Å². The summed E-state index contributed by atoms with van der Waals surface area (Å²) >= 11 is 0. The van der Waals surface area contributed by atoms with Gasteiger partial charge in [0.1, 0.15) is 6.17 Å². The minimum Gasteiger partial charge on any atom is -0.465 e. The van der Waals surface area contributed by atoms with Crippen LogP contribution in [0, 0.1) is 23.4 Å². The van der Waals surface area contributed by atoms with E-state index in [2.05, 4.69) is 0 Å². The number of rotatable bonds is 2. The first-order valence-corrected chi connectivity index (χ1v) is 5.16. The molecule has 1 amide bonds. The molecule has 0 radical (unpaired) electrons. The fourth-order valence-corrected chi connectivity index (χ4v) is 1.86. The topological polar surface area (TPSA) is 40.5 Å². The van der Waals surface area contributed by atoms with Crippen LogP contribution in [0.2, 0.25) is 0 Å². The molecule has 0 aromatic heterocycles. The molecule has 98 valence electrons. The Hall–Kier alpha value is -1.79. The number of hydrogen-bond donors (Lipinski definition) is 1. The fourth-order valence-electron chi connectivity index (χ4n) is 1.86. The van der Waals surface area contributed by atoms with Gasteiger partial charge in [-0.3, -0.25) is 0 Å². The van der Waals surface area contributed by atoms with Crippen molar-refractivity contribution in [2.45, 2.75) is 6.17 Å². The van der Waals surface area contributed by atoms with E-state index in [1.165, 1.54) is 0 Å². The molecule has 0 saturated carbocycles. The average Bonchev–Trinajstić information content (AvgIpc) is 2.22. The number of likely N-dealkylation sites (tertiary alicyclic amines) is 1. The summed E-state index contributed by atoms with van der Waals surface area (Å²) in [5.74, 6) is -5.22. The first-order valence-electron chi connectivity index (χ1n) is 5.16. The zero-order valence-corrected chi connectivity index (χ0v) is 9.04. The molecule has 1 fully saturated rings. The van der Waals surface area contributed by atoms with Crippen molar-refractivity contribution >= 4 is 6.09 Å². The maximum atomic E-state index is 13.8. The van der Waals surface area contributed by atoms with Gasteiger partial charge in [0, 0.05) is 19.0 Å². The predicted octanol–water partition coefficient (Wildman–Crippen LogP) is 2.72. The standard InChI is InChI=1S/C11H9F4NO2/c12-7-1-5(2-8(13)10(7)15)9(14)6-3-16(4-6)11(17)18/h1-2,6,9H,3-4H2,(H,17,18). The summed E-state index contributed by atoms with van der Waals surface area (Å²) in [5, 5.41) is 8.56. The summed E-state index contributed by atoms with van der Waals surface area (Å²) in [5.41, 5.74) is -0.318. The van der Waals surface area contributed by atoms with Crippen LogP contribution in [0.5, 0.6) is 0 Å². The van der Waals surface area contributed by atoms with E-state index in [1.807, 2.05) is 0 Å². The lowest BCUT2D eigenvalue weighted by molar-refractivity contribution is 0.0404. The highest BCUT2D eigenvalue weighted by Crippen LogP contribution is 2.34. The third-order valence-corrected chi connectivity index (χ3v) is 2.92. The number of hydrogen-bond acceptors (Lipinski definition) is 1. The number of carbonyl (C=O) groups is 1. The Bertz CT molecular complexity index is 465. The van der Waals surface area contributed by atoms with Crippen molar-refractivity contribution in [3.05, 3.63) is 35.1 Å². The fraction of sp³-hybridized carbons (Fsp3) is 0.364. The number of halogens is 4. The van der Waals surface area contributed by atoms with Gasteiger partial charge >= 0.3 is 6.09 Å². The molecule has 18 heavy (non-hydrogen) atoms. The smallest absolute Gasteiger partial charge is 0.407 e. The summed E-state index contributed by atoms with van der Waals surface area (Å²) in [6.45, 7) is -0.0891. The van der Waals surface area contributed by atoms with E-state index < -0.39 is 35.6 Å². The third-order valence-electron chi connectivity index (χ3n) is 2.92. The summed E-state index contributed by atoms with van der Waals surface area (Å²) in [7, 11) is 0. The highest BCUT2D eigenvalue weighted by atomic mass is 19.2. The Morgan fingerprint density at radius 3 is 2.22 bits per heavy atom. The normalized spacial score (nSPS) is 17.4. The van der Waals surface area contributed by atoms with Crippen LogP contribution >= 0.6 is 0 Å². The second-order valence-electron chi connectivity index (χ2n) is 4.15. The van der Waals surface area contributed by atoms with Gasteiger partial charge in [-0.05, 0) is 17.7 Å². The molecular formula is C11H9F4NO2. The van der Waals surface area contributed by atoms with E-state index in [4.69, 9.17) is 5.11 Å². The van der Waals surface area contributed by atoms with Crippen LogP contribution in [0.1, 0.15) is 11.7 Å². The lowest BCUT2D eigenvalue weighted by Gasteiger charge is -2.38. The van der Waals surface area contributed by atoms with Gasteiger partial charge in [-0.25, -0.2) is 22.4 Å². The van der Waals surface area contributed by atoms with Gasteiger partial charge in [-0.15, -0.1) is 0 Å². The molecule has 1 N–H and O–H groups in total. The van der Waals surface area contributed by atoms with Gasteiger partial charge in [0.05, 0.1) is 0 Å². The minimum atomic E-state index is -1.72. The van der Waals surface area contributed by atoms with Crippen LogP contribution < -0.4 is 0 Å². The molecule has 1 aromatic carbocycles. The van der Waals surface area contributed by atoms with E-state index in [9.17, 15) is 22.4 Å². The monoisotopic (exact) mass is 263 g/mol. The van der Waals surface area contributed by atoms with Crippen LogP contribution in [0.25, 0.3) is 0 Å². The molecule has 1 saturated heterocycles. The summed E-state index contributed by atoms with van der Waals surface area (Å²) in [4.78, 5) is 11.5. The van der Waals surface area contributed by atoms with Crippen LogP contribution in [0.3, 0.4) is 0 Å². The van der Waals surface area contributed by atoms with Crippen molar-refractivity contribution < 1.29 is 27.5 Å². The average molecular weight is 263 g/mol. The highest BCUT2D eigenvalue weighted by molar-refractivity contribution is 5.66. The molecule has 7 heteroatoms. The maximum Gasteiger partial charge on any atom is 0.407 e. The molecule has 1 heterocycles. The van der Waals surface area contributed by atoms with Crippen LogP contribution in [0.15, 0.2) is 12.1 Å². The van der Waals surface area contributed by atoms with Crippen LogP contribution in [0.4, 0.5) is 22.4 Å². The zero-order chi connectivity index (χ0) is 13.4. The molecule has 1 aromatic rings. The Morgan fingerprint density at radius 1 is 1.28 bits per heavy atom. The molecule has 1 aliphatic heterocycles. The third kappa shape index (κ3) is 2.12. The summed E-state index contributed by atoms with van der Waals surface area (Å²) < 4.78 is 52.3. The highest BCUT2D eigenvalue weighted by Gasteiger charge is 2.37. The molecule has 0 aliphatic carbocycles. The van der Waals surface area contributed by atoms with Gasteiger partial charge < -0.3 is 10.0 Å². The molecule has 1 atom stereocenters. The molecule has 3 nitrogen and oxygen atoms in total. The summed E-state index contributed by atoms with van der Waals surface area (Å²) in [6.07, 6.45) is -2.89. The molecule has 1 aliphatic rings. The zero-order valence-electron chi connectivity index (χ0n) is 9.04. The number of carboxylic acid groups (broad SMARTS) is 1. The van der Waals surface area contributed by atoms with Crippen molar-refractivity contribution in [1.82, 2.24) is 4.90 Å². The van der Waals surface area contributed by atoms with Crippen LogP contribution in [-0.2, 0) is 0 Å². The van der Waals surface area contributed by atoms with E-state index in [0.717, 1.165) is 4.90 Å². The largest absolute Gasteiger partial charge is 0.465 e. The van der Waals surface area contributed by atoms with Crippen molar-refractivity contribution in [1.29, 1.82) is 0 Å². The number of benzene rings is 1. The SMILES string of the molecule is O=C(O)N1CC(C(F)c2cc(F)c(F)c(F)c2)C1. The number of alkyl halides is 1. The quantitative estimate of drug-likeness (QED) is 0.658. The van der Waals surface area contributed by atoms with Gasteiger partial charge in [0.2, 0.25) is 0 Å². The van der Waals surface area contributed by atoms with E-state index in [1.54, 1.807) is 0 Å². The Morgan fingerprint density at radius 2 is 1.78 bits per heavy atom. The lowest BCUT2D eigenvalue weighted by atomic mass is 9.90. The van der Waals surface area contributed by atoms with Crippen molar-refractivity contribution in [3.63, 3.8) is 0 Å². The van der Waals surface area contributed by atoms with Gasteiger partial charge in [0.15, 0.2) is 17.5 Å². The molecule has 2 rings (SSSR count). The van der Waals surface area contributed by atoms with E-state index in [-0.39, 0.29) is 18.7 Å². The van der Waals surface area contributed by atoms with Gasteiger partial charge in [-0.2, -0.15) is 0 Å².